The lowest BCUT2D eigenvalue weighted by Crippen LogP contribution is -1.95. The Labute approximate surface area is 306 Å². The molecule has 10 aromatic rings. The van der Waals surface area contributed by atoms with Crippen molar-refractivity contribution in [3.05, 3.63) is 188 Å². The number of aromatic nitrogens is 3. The standard InChI is InChI=1S/C49H31N3O/c1-3-12-35(13-4-1)44-31-45(52-49(51-44)37-14-5-2-6-15-37)36-27-23-33(24-28-36)32-21-25-34(26-22-32)38-18-11-20-46-47(38)42-30-41(43-19-9-10-29-50-43)39-16-7-8-17-40(39)48(42)53-46/h1-31H. The van der Waals surface area contributed by atoms with Crippen LogP contribution in [-0.4, -0.2) is 15.0 Å². The molecule has 3 heterocycles. The molecule has 4 nitrogen and oxygen atoms in total. The highest BCUT2D eigenvalue weighted by atomic mass is 16.3. The van der Waals surface area contributed by atoms with Crippen LogP contribution in [0.5, 0.6) is 0 Å². The van der Waals surface area contributed by atoms with Crippen LogP contribution >= 0.6 is 0 Å². The zero-order valence-corrected chi connectivity index (χ0v) is 28.6. The Hall–Kier alpha value is -7.17. The highest BCUT2D eigenvalue weighted by Crippen LogP contribution is 2.43. The molecule has 53 heavy (non-hydrogen) atoms. The lowest BCUT2D eigenvalue weighted by atomic mass is 9.94. The minimum Gasteiger partial charge on any atom is -0.455 e. The first-order valence-electron chi connectivity index (χ1n) is 17.8. The zero-order valence-electron chi connectivity index (χ0n) is 28.6. The number of pyridine rings is 1. The van der Waals surface area contributed by atoms with Crippen LogP contribution in [0, 0.1) is 0 Å². The lowest BCUT2D eigenvalue weighted by Gasteiger charge is -2.10. The van der Waals surface area contributed by atoms with Crippen molar-refractivity contribution < 1.29 is 4.42 Å². The summed E-state index contributed by atoms with van der Waals surface area (Å²) >= 11 is 0. The van der Waals surface area contributed by atoms with Gasteiger partial charge in [0.2, 0.25) is 0 Å². The lowest BCUT2D eigenvalue weighted by molar-refractivity contribution is 0.673. The van der Waals surface area contributed by atoms with Crippen LogP contribution in [-0.2, 0) is 0 Å². The minimum absolute atomic E-state index is 0.711. The number of benzene rings is 7. The third-order valence-corrected chi connectivity index (χ3v) is 9.98. The predicted molar refractivity (Wildman–Crippen MR) is 217 cm³/mol. The molecule has 10 rings (SSSR count). The van der Waals surface area contributed by atoms with E-state index in [4.69, 9.17) is 19.4 Å². The number of furan rings is 1. The topological polar surface area (TPSA) is 51.8 Å². The van der Waals surface area contributed by atoms with Crippen molar-refractivity contribution in [3.63, 3.8) is 0 Å². The van der Waals surface area contributed by atoms with E-state index in [1.165, 1.54) is 0 Å². The van der Waals surface area contributed by atoms with E-state index in [2.05, 4.69) is 133 Å². The second-order valence-electron chi connectivity index (χ2n) is 13.2. The maximum absolute atomic E-state index is 6.59. The molecule has 0 unspecified atom stereocenters. The first kappa shape index (κ1) is 30.6. The number of hydrogen-bond acceptors (Lipinski definition) is 4. The van der Waals surface area contributed by atoms with E-state index in [0.29, 0.717) is 5.82 Å². The van der Waals surface area contributed by atoms with Crippen molar-refractivity contribution in [3.8, 4) is 67.4 Å². The van der Waals surface area contributed by atoms with Crippen LogP contribution in [0.25, 0.3) is 100 Å². The van der Waals surface area contributed by atoms with Gasteiger partial charge in [0.1, 0.15) is 11.2 Å². The van der Waals surface area contributed by atoms with Gasteiger partial charge >= 0.3 is 0 Å². The van der Waals surface area contributed by atoms with Gasteiger partial charge in [0.15, 0.2) is 5.82 Å². The molecule has 0 amide bonds. The van der Waals surface area contributed by atoms with Crippen molar-refractivity contribution in [1.82, 2.24) is 15.0 Å². The third-order valence-electron chi connectivity index (χ3n) is 9.98. The average Bonchev–Trinajstić information content (AvgIpc) is 3.64. The monoisotopic (exact) mass is 677 g/mol. The van der Waals surface area contributed by atoms with E-state index in [9.17, 15) is 0 Å². The number of nitrogens with zero attached hydrogens (tertiary/aromatic N) is 3. The normalized spacial score (nSPS) is 11.4. The largest absolute Gasteiger partial charge is 0.455 e. The number of hydrogen-bond donors (Lipinski definition) is 0. The molecule has 0 aliphatic carbocycles. The summed E-state index contributed by atoms with van der Waals surface area (Å²) in [5.74, 6) is 0.711. The molecule has 0 aliphatic rings. The van der Waals surface area contributed by atoms with E-state index in [0.717, 1.165) is 94.3 Å². The summed E-state index contributed by atoms with van der Waals surface area (Å²) in [4.78, 5) is 14.7. The molecule has 0 aliphatic heterocycles. The highest BCUT2D eigenvalue weighted by Gasteiger charge is 2.18. The SMILES string of the molecule is c1ccc(-c2cc(-c3ccc(-c4ccc(-c5cccc6oc7c8ccccc8c(-c8ccccn8)cc7c56)cc4)cc3)nc(-c3ccccc3)n2)cc1. The maximum atomic E-state index is 6.59. The molecule has 0 N–H and O–H groups in total. The number of rotatable bonds is 6. The van der Waals surface area contributed by atoms with Crippen LogP contribution in [0.2, 0.25) is 0 Å². The Morgan fingerprint density at radius 1 is 0.358 bits per heavy atom. The van der Waals surface area contributed by atoms with Crippen LogP contribution < -0.4 is 0 Å². The van der Waals surface area contributed by atoms with Crippen molar-refractivity contribution in [2.24, 2.45) is 0 Å². The Kier molecular flexibility index (Phi) is 7.43. The number of fused-ring (bicyclic) bond motifs is 5. The summed E-state index contributed by atoms with van der Waals surface area (Å²) in [6.45, 7) is 0. The Balaban J connectivity index is 1.02. The third kappa shape index (κ3) is 5.54. The summed E-state index contributed by atoms with van der Waals surface area (Å²) in [7, 11) is 0. The smallest absolute Gasteiger partial charge is 0.160 e. The van der Waals surface area contributed by atoms with Gasteiger partial charge in [-0.2, -0.15) is 0 Å². The van der Waals surface area contributed by atoms with E-state index in [1.807, 2.05) is 54.7 Å². The Morgan fingerprint density at radius 3 is 1.62 bits per heavy atom. The van der Waals surface area contributed by atoms with Gasteiger partial charge in [-0.05, 0) is 58.0 Å². The summed E-state index contributed by atoms with van der Waals surface area (Å²) < 4.78 is 6.59. The molecule has 0 radical (unpaired) electrons. The van der Waals surface area contributed by atoms with Gasteiger partial charge in [-0.3, -0.25) is 4.98 Å². The fraction of sp³-hybridized carbons (Fsp3) is 0. The molecule has 7 aromatic carbocycles. The van der Waals surface area contributed by atoms with E-state index in [1.54, 1.807) is 0 Å². The second-order valence-corrected chi connectivity index (χ2v) is 13.2. The summed E-state index contributed by atoms with van der Waals surface area (Å²) in [6.07, 6.45) is 1.85. The van der Waals surface area contributed by atoms with Crippen molar-refractivity contribution in [2.75, 3.05) is 0 Å². The van der Waals surface area contributed by atoms with Gasteiger partial charge in [-0.15, -0.1) is 0 Å². The van der Waals surface area contributed by atoms with Gasteiger partial charge < -0.3 is 4.42 Å². The molecule has 3 aromatic heterocycles. The fourth-order valence-corrected chi connectivity index (χ4v) is 7.37. The molecular weight excluding hydrogens is 647 g/mol. The zero-order chi connectivity index (χ0) is 35.1. The van der Waals surface area contributed by atoms with Crippen LogP contribution in [0.15, 0.2) is 193 Å². The van der Waals surface area contributed by atoms with Crippen LogP contribution in [0.3, 0.4) is 0 Å². The van der Waals surface area contributed by atoms with Gasteiger partial charge in [0.25, 0.3) is 0 Å². The Morgan fingerprint density at radius 2 is 0.943 bits per heavy atom. The first-order chi connectivity index (χ1) is 26.3. The summed E-state index contributed by atoms with van der Waals surface area (Å²) in [5.41, 5.74) is 13.2. The molecule has 4 heteroatoms. The maximum Gasteiger partial charge on any atom is 0.160 e. The van der Waals surface area contributed by atoms with Crippen LogP contribution in [0.4, 0.5) is 0 Å². The van der Waals surface area contributed by atoms with E-state index in [-0.39, 0.29) is 0 Å². The van der Waals surface area contributed by atoms with Gasteiger partial charge in [0, 0.05) is 44.6 Å². The molecule has 248 valence electrons. The van der Waals surface area contributed by atoms with E-state index < -0.39 is 0 Å². The molecule has 0 saturated heterocycles. The van der Waals surface area contributed by atoms with Crippen molar-refractivity contribution in [1.29, 1.82) is 0 Å². The van der Waals surface area contributed by atoms with Crippen molar-refractivity contribution >= 4 is 32.7 Å². The predicted octanol–water partition coefficient (Wildman–Crippen LogP) is 12.9. The summed E-state index contributed by atoms with van der Waals surface area (Å²) in [6, 6.07) is 63.0. The summed E-state index contributed by atoms with van der Waals surface area (Å²) in [5, 5.41) is 4.41. The molecule has 0 spiro atoms. The quantitative estimate of drug-likeness (QED) is 0.176. The van der Waals surface area contributed by atoms with Gasteiger partial charge in [0.05, 0.1) is 17.1 Å². The fourth-order valence-electron chi connectivity index (χ4n) is 7.37. The van der Waals surface area contributed by atoms with E-state index >= 15 is 0 Å². The molecule has 0 saturated carbocycles. The molecule has 0 atom stereocenters. The Bertz CT molecular complexity index is 2840. The first-order valence-corrected chi connectivity index (χ1v) is 17.8. The minimum atomic E-state index is 0.711. The molecular formula is C49H31N3O. The van der Waals surface area contributed by atoms with Gasteiger partial charge in [-0.25, -0.2) is 9.97 Å². The van der Waals surface area contributed by atoms with Gasteiger partial charge in [-0.1, -0.05) is 152 Å². The molecule has 0 bridgehead atoms. The molecule has 0 fully saturated rings. The second kappa shape index (κ2) is 12.9. The van der Waals surface area contributed by atoms with Crippen molar-refractivity contribution in [2.45, 2.75) is 0 Å². The highest BCUT2D eigenvalue weighted by molar-refractivity contribution is 6.22. The van der Waals surface area contributed by atoms with Crippen LogP contribution in [0.1, 0.15) is 0 Å². The average molecular weight is 678 g/mol.